The molecule has 0 unspecified atom stereocenters. The quantitative estimate of drug-likeness (QED) is 0.861. The zero-order chi connectivity index (χ0) is 18.0. The summed E-state index contributed by atoms with van der Waals surface area (Å²) in [6.07, 6.45) is 0.698. The topological polar surface area (TPSA) is 71.9 Å². The highest BCUT2D eigenvalue weighted by Crippen LogP contribution is 2.46. The number of methoxy groups -OCH3 is 1. The van der Waals surface area contributed by atoms with E-state index in [4.69, 9.17) is 9.47 Å². The van der Waals surface area contributed by atoms with Gasteiger partial charge in [-0.25, -0.2) is 4.98 Å². The number of anilines is 1. The standard InChI is InChI=1S/C19H22N2O4/c1-4-25-19(23)15-16(12-7-9-13(24-3)10-8-12)21(2)18-14(17(15)22)6-5-11-20-18/h5-11,15-17,22H,4H2,1-3H3/t15-,16-,17+/m0/s1. The molecular formula is C19H22N2O4. The molecule has 132 valence electrons. The van der Waals surface area contributed by atoms with Crippen molar-refractivity contribution >= 4 is 11.8 Å². The molecule has 0 radical (unpaired) electrons. The molecular weight excluding hydrogens is 320 g/mol. The summed E-state index contributed by atoms with van der Waals surface area (Å²) in [5, 5.41) is 10.9. The van der Waals surface area contributed by atoms with Crippen LogP contribution < -0.4 is 9.64 Å². The summed E-state index contributed by atoms with van der Waals surface area (Å²) in [7, 11) is 3.48. The summed E-state index contributed by atoms with van der Waals surface area (Å²) in [4.78, 5) is 18.9. The maximum Gasteiger partial charge on any atom is 0.314 e. The van der Waals surface area contributed by atoms with Gasteiger partial charge >= 0.3 is 5.97 Å². The Morgan fingerprint density at radius 3 is 2.64 bits per heavy atom. The molecule has 3 atom stereocenters. The fourth-order valence-corrected chi connectivity index (χ4v) is 3.40. The van der Waals surface area contributed by atoms with Crippen LogP contribution >= 0.6 is 0 Å². The van der Waals surface area contributed by atoms with Crippen molar-refractivity contribution in [3.05, 3.63) is 53.7 Å². The number of rotatable bonds is 4. The third-order valence-corrected chi connectivity index (χ3v) is 4.58. The smallest absolute Gasteiger partial charge is 0.314 e. The van der Waals surface area contributed by atoms with Crippen LogP contribution in [0.15, 0.2) is 42.6 Å². The Hall–Kier alpha value is -2.60. The van der Waals surface area contributed by atoms with Gasteiger partial charge < -0.3 is 19.5 Å². The van der Waals surface area contributed by atoms with Crippen LogP contribution in [0.5, 0.6) is 5.75 Å². The van der Waals surface area contributed by atoms with Crippen molar-refractivity contribution in [3.63, 3.8) is 0 Å². The molecule has 1 aromatic carbocycles. The Kier molecular flexibility index (Phi) is 4.90. The molecule has 1 aliphatic heterocycles. The van der Waals surface area contributed by atoms with Crippen molar-refractivity contribution in [2.24, 2.45) is 5.92 Å². The van der Waals surface area contributed by atoms with Crippen LogP contribution in [0.25, 0.3) is 0 Å². The first-order valence-electron chi connectivity index (χ1n) is 8.24. The van der Waals surface area contributed by atoms with Gasteiger partial charge in [-0.15, -0.1) is 0 Å². The second kappa shape index (κ2) is 7.11. The van der Waals surface area contributed by atoms with Gasteiger partial charge in [-0.05, 0) is 30.7 Å². The zero-order valence-electron chi connectivity index (χ0n) is 14.5. The molecule has 0 bridgehead atoms. The molecule has 0 fully saturated rings. The van der Waals surface area contributed by atoms with Gasteiger partial charge in [0, 0.05) is 18.8 Å². The first-order valence-corrected chi connectivity index (χ1v) is 8.24. The maximum atomic E-state index is 12.6. The lowest BCUT2D eigenvalue weighted by atomic mass is 9.81. The number of carbonyl (C=O) groups excluding carboxylic acids is 1. The highest BCUT2D eigenvalue weighted by atomic mass is 16.5. The van der Waals surface area contributed by atoms with Crippen molar-refractivity contribution in [1.82, 2.24) is 4.98 Å². The number of carbonyl (C=O) groups is 1. The van der Waals surface area contributed by atoms with Crippen molar-refractivity contribution in [3.8, 4) is 5.75 Å². The van der Waals surface area contributed by atoms with Crippen molar-refractivity contribution in [1.29, 1.82) is 0 Å². The van der Waals surface area contributed by atoms with Crippen LogP contribution in [0.1, 0.15) is 30.2 Å². The van der Waals surface area contributed by atoms with Crippen LogP contribution in [0.2, 0.25) is 0 Å². The summed E-state index contributed by atoms with van der Waals surface area (Å²) in [5.74, 6) is 0.234. The van der Waals surface area contributed by atoms with E-state index >= 15 is 0 Å². The van der Waals surface area contributed by atoms with Crippen LogP contribution in [0.3, 0.4) is 0 Å². The zero-order valence-corrected chi connectivity index (χ0v) is 14.5. The molecule has 6 nitrogen and oxygen atoms in total. The number of hydrogen-bond acceptors (Lipinski definition) is 6. The summed E-state index contributed by atoms with van der Waals surface area (Å²) < 4.78 is 10.4. The van der Waals surface area contributed by atoms with Crippen LogP contribution in [-0.4, -0.2) is 36.8 Å². The van der Waals surface area contributed by atoms with Gasteiger partial charge in [0.25, 0.3) is 0 Å². The first-order chi connectivity index (χ1) is 12.1. The molecule has 3 rings (SSSR count). The van der Waals surface area contributed by atoms with Gasteiger partial charge in [0.05, 0.1) is 25.9 Å². The minimum absolute atomic E-state index is 0.265. The Morgan fingerprint density at radius 1 is 1.28 bits per heavy atom. The van der Waals surface area contributed by atoms with E-state index in [9.17, 15) is 9.90 Å². The third kappa shape index (κ3) is 3.05. The number of aliphatic hydroxyl groups is 1. The molecule has 1 aliphatic rings. The summed E-state index contributed by atoms with van der Waals surface area (Å²) >= 11 is 0. The van der Waals surface area contributed by atoms with E-state index in [0.29, 0.717) is 11.4 Å². The number of ether oxygens (including phenoxy) is 2. The molecule has 2 heterocycles. The lowest BCUT2D eigenvalue weighted by Gasteiger charge is -2.42. The molecule has 2 aromatic rings. The van der Waals surface area contributed by atoms with Crippen molar-refractivity contribution in [2.45, 2.75) is 19.1 Å². The number of hydrogen-bond donors (Lipinski definition) is 1. The van der Waals surface area contributed by atoms with E-state index in [0.717, 1.165) is 11.3 Å². The number of nitrogens with zero attached hydrogens (tertiary/aromatic N) is 2. The van der Waals surface area contributed by atoms with E-state index in [-0.39, 0.29) is 12.6 Å². The molecule has 0 spiro atoms. The predicted molar refractivity (Wildman–Crippen MR) is 93.5 cm³/mol. The SMILES string of the molecule is CCOC(=O)[C@@H]1[C@H](O)c2cccnc2N(C)[C@H]1c1ccc(OC)cc1. The second-order valence-electron chi connectivity index (χ2n) is 5.97. The Bertz CT molecular complexity index is 747. The molecule has 0 saturated heterocycles. The predicted octanol–water partition coefficient (Wildman–Crippen LogP) is 2.49. The lowest BCUT2D eigenvalue weighted by molar-refractivity contribution is -0.154. The highest BCUT2D eigenvalue weighted by Gasteiger charge is 2.45. The largest absolute Gasteiger partial charge is 0.497 e. The van der Waals surface area contributed by atoms with E-state index < -0.39 is 18.0 Å². The van der Waals surface area contributed by atoms with E-state index in [1.54, 1.807) is 32.4 Å². The summed E-state index contributed by atoms with van der Waals surface area (Å²) in [6.45, 7) is 2.02. The molecule has 1 N–H and O–H groups in total. The highest BCUT2D eigenvalue weighted by molar-refractivity contribution is 5.77. The number of fused-ring (bicyclic) bond motifs is 1. The van der Waals surface area contributed by atoms with Gasteiger partial charge in [0.2, 0.25) is 0 Å². The molecule has 25 heavy (non-hydrogen) atoms. The minimum Gasteiger partial charge on any atom is -0.497 e. The Balaban J connectivity index is 2.09. The number of benzene rings is 1. The summed E-state index contributed by atoms with van der Waals surface area (Å²) in [6, 6.07) is 10.6. The lowest BCUT2D eigenvalue weighted by Crippen LogP contribution is -2.43. The van der Waals surface area contributed by atoms with Gasteiger partial charge in [-0.2, -0.15) is 0 Å². The normalized spacial score (nSPS) is 22.2. The van der Waals surface area contributed by atoms with E-state index in [2.05, 4.69) is 4.98 Å². The van der Waals surface area contributed by atoms with Gasteiger partial charge in [-0.3, -0.25) is 4.79 Å². The number of pyridine rings is 1. The monoisotopic (exact) mass is 342 g/mol. The fourth-order valence-electron chi connectivity index (χ4n) is 3.40. The van der Waals surface area contributed by atoms with Gasteiger partial charge in [0.15, 0.2) is 0 Å². The van der Waals surface area contributed by atoms with Gasteiger partial charge in [-0.1, -0.05) is 18.2 Å². The first kappa shape index (κ1) is 17.2. The molecule has 0 aliphatic carbocycles. The number of esters is 1. The van der Waals surface area contributed by atoms with Crippen LogP contribution in [-0.2, 0) is 9.53 Å². The van der Waals surface area contributed by atoms with Crippen molar-refractivity contribution in [2.75, 3.05) is 25.7 Å². The summed E-state index contributed by atoms with van der Waals surface area (Å²) in [5.41, 5.74) is 1.52. The number of aliphatic hydroxyl groups excluding tert-OH is 1. The maximum absolute atomic E-state index is 12.6. The fraction of sp³-hybridized carbons (Fsp3) is 0.368. The number of aromatic nitrogens is 1. The molecule has 0 amide bonds. The van der Waals surface area contributed by atoms with E-state index in [1.807, 2.05) is 36.2 Å². The molecule has 6 heteroatoms. The Morgan fingerprint density at radius 2 is 2.00 bits per heavy atom. The van der Waals surface area contributed by atoms with Crippen LogP contribution in [0, 0.1) is 5.92 Å². The second-order valence-corrected chi connectivity index (χ2v) is 5.97. The third-order valence-electron chi connectivity index (χ3n) is 4.58. The van der Waals surface area contributed by atoms with Gasteiger partial charge in [0.1, 0.15) is 17.5 Å². The van der Waals surface area contributed by atoms with E-state index in [1.165, 1.54) is 0 Å². The van der Waals surface area contributed by atoms with Crippen molar-refractivity contribution < 1.29 is 19.4 Å². The Labute approximate surface area is 147 Å². The average molecular weight is 342 g/mol. The minimum atomic E-state index is -0.981. The average Bonchev–Trinajstić information content (AvgIpc) is 2.64. The molecule has 0 saturated carbocycles. The van der Waals surface area contributed by atoms with Crippen LogP contribution in [0.4, 0.5) is 5.82 Å². The molecule has 1 aromatic heterocycles.